The Kier molecular flexibility index (Phi) is 4.06. The Morgan fingerprint density at radius 1 is 0.919 bits per heavy atom. The Morgan fingerprint density at radius 3 is 2.59 bits per heavy atom. The molecule has 1 saturated heterocycles. The van der Waals surface area contributed by atoms with E-state index < -0.39 is 10.3 Å². The minimum atomic E-state index is -1.19. The molecule has 6 nitrogen and oxygen atoms in total. The first kappa shape index (κ1) is 21.2. The van der Waals surface area contributed by atoms with Gasteiger partial charge in [0, 0.05) is 23.7 Å². The second kappa shape index (κ2) is 7.09. The molecule has 0 bridgehead atoms. The van der Waals surface area contributed by atoms with Crippen LogP contribution in [0.25, 0.3) is 21.8 Å². The van der Waals surface area contributed by atoms with Gasteiger partial charge in [0.25, 0.3) is 11.8 Å². The maximum atomic E-state index is 15.0. The number of amides is 1. The van der Waals surface area contributed by atoms with Gasteiger partial charge >= 0.3 is 0 Å². The average molecular weight is 503 g/mol. The monoisotopic (exact) mass is 502 g/mol. The van der Waals surface area contributed by atoms with Gasteiger partial charge in [0.1, 0.15) is 4.75 Å². The van der Waals surface area contributed by atoms with Gasteiger partial charge in [-0.2, -0.15) is 0 Å². The largest absolute Gasteiger partial charge is 0.324 e. The molecule has 2 spiro atoms. The number of anilines is 1. The van der Waals surface area contributed by atoms with Crippen molar-refractivity contribution in [2.24, 2.45) is 0 Å². The first-order chi connectivity index (χ1) is 18.1. The number of rotatable bonds is 1. The third-order valence-electron chi connectivity index (χ3n) is 8.45. The highest BCUT2D eigenvalue weighted by molar-refractivity contribution is 8.02. The molecule has 3 atom stereocenters. The van der Waals surface area contributed by atoms with Crippen molar-refractivity contribution >= 4 is 51.1 Å². The van der Waals surface area contributed by atoms with E-state index in [4.69, 9.17) is 4.98 Å². The molecule has 7 heteroatoms. The number of nitrogens with zero attached hydrogens (tertiary/aromatic N) is 3. The highest BCUT2D eigenvalue weighted by atomic mass is 32.2. The Hall–Kier alpha value is -3.94. The molecule has 0 radical (unpaired) electrons. The summed E-state index contributed by atoms with van der Waals surface area (Å²) in [5, 5.41) is 5.99. The van der Waals surface area contributed by atoms with E-state index in [0.29, 0.717) is 11.7 Å². The number of aromatic nitrogens is 2. The summed E-state index contributed by atoms with van der Waals surface area (Å²) in [6.07, 6.45) is 0. The fraction of sp³-hybridized carbons (Fsp3) is 0.167. The van der Waals surface area contributed by atoms with Crippen molar-refractivity contribution in [3.05, 3.63) is 102 Å². The molecular weight excluding hydrogens is 480 g/mol. The van der Waals surface area contributed by atoms with Crippen LogP contribution in [-0.4, -0.2) is 44.6 Å². The Morgan fingerprint density at radius 2 is 1.68 bits per heavy atom. The highest BCUT2D eigenvalue weighted by Crippen LogP contribution is 2.67. The number of thioether (sulfide) groups is 1. The van der Waals surface area contributed by atoms with Crippen molar-refractivity contribution < 1.29 is 9.59 Å². The lowest BCUT2D eigenvalue weighted by atomic mass is 9.71. The average Bonchev–Trinajstić information content (AvgIpc) is 3.60. The SMILES string of the molecule is CN1C[C@@H](c2cccc3ccccc23)[C@@]2(Sc3nc4ccccc4n3C2=O)[C@@]12C(=O)Nc1ccccc12. The molecular formula is C30H22N4O2S. The molecule has 1 fully saturated rings. The van der Waals surface area contributed by atoms with Gasteiger partial charge in [-0.25, -0.2) is 4.98 Å². The fourth-order valence-corrected chi connectivity index (χ4v) is 8.74. The predicted molar refractivity (Wildman–Crippen MR) is 145 cm³/mol. The summed E-state index contributed by atoms with van der Waals surface area (Å²) in [7, 11) is 1.97. The van der Waals surface area contributed by atoms with Crippen LogP contribution < -0.4 is 5.32 Å². The number of imidazole rings is 1. The lowest BCUT2D eigenvalue weighted by Crippen LogP contribution is -2.61. The van der Waals surface area contributed by atoms with Gasteiger partial charge in [-0.3, -0.25) is 19.1 Å². The van der Waals surface area contributed by atoms with Crippen molar-refractivity contribution in [1.29, 1.82) is 0 Å². The van der Waals surface area contributed by atoms with E-state index >= 15 is 0 Å². The second-order valence-corrected chi connectivity index (χ2v) is 11.3. The summed E-state index contributed by atoms with van der Waals surface area (Å²) in [4.78, 5) is 36.1. The zero-order valence-corrected chi connectivity index (χ0v) is 20.8. The van der Waals surface area contributed by atoms with Crippen LogP contribution >= 0.6 is 11.8 Å². The number of para-hydroxylation sites is 3. The fourth-order valence-electron chi connectivity index (χ4n) is 7.01. The van der Waals surface area contributed by atoms with Crippen LogP contribution in [0.3, 0.4) is 0 Å². The van der Waals surface area contributed by atoms with E-state index in [2.05, 4.69) is 40.5 Å². The van der Waals surface area contributed by atoms with Crippen molar-refractivity contribution in [3.63, 3.8) is 0 Å². The molecule has 3 aliphatic rings. The van der Waals surface area contributed by atoms with Crippen molar-refractivity contribution in [3.8, 4) is 0 Å². The summed E-state index contributed by atoms with van der Waals surface area (Å²) in [6, 6.07) is 30.0. The predicted octanol–water partition coefficient (Wildman–Crippen LogP) is 5.25. The molecule has 8 rings (SSSR count). The second-order valence-electron chi connectivity index (χ2n) is 10.1. The van der Waals surface area contributed by atoms with Crippen molar-refractivity contribution in [2.75, 3.05) is 18.9 Å². The van der Waals surface area contributed by atoms with Gasteiger partial charge in [-0.1, -0.05) is 84.6 Å². The first-order valence-corrected chi connectivity index (χ1v) is 13.2. The maximum absolute atomic E-state index is 15.0. The van der Waals surface area contributed by atoms with E-state index in [9.17, 15) is 9.59 Å². The zero-order chi connectivity index (χ0) is 24.9. The van der Waals surface area contributed by atoms with E-state index in [0.717, 1.165) is 38.6 Å². The molecule has 0 aliphatic carbocycles. The number of benzene rings is 4. The van der Waals surface area contributed by atoms with Crippen LogP contribution in [0.5, 0.6) is 0 Å². The molecule has 180 valence electrons. The minimum absolute atomic E-state index is 0.0877. The molecule has 1 aromatic heterocycles. The summed E-state index contributed by atoms with van der Waals surface area (Å²) >= 11 is 1.46. The van der Waals surface area contributed by atoms with Gasteiger partial charge in [0.2, 0.25) is 0 Å². The number of likely N-dealkylation sites (tertiary alicyclic amines) is 1. The zero-order valence-electron chi connectivity index (χ0n) is 20.0. The maximum Gasteiger partial charge on any atom is 0.253 e. The van der Waals surface area contributed by atoms with E-state index in [-0.39, 0.29) is 17.7 Å². The molecule has 4 heterocycles. The first-order valence-electron chi connectivity index (χ1n) is 12.4. The highest BCUT2D eigenvalue weighted by Gasteiger charge is 2.77. The lowest BCUT2D eigenvalue weighted by Gasteiger charge is -2.41. The van der Waals surface area contributed by atoms with Crippen molar-refractivity contribution in [1.82, 2.24) is 14.5 Å². The lowest BCUT2D eigenvalue weighted by molar-refractivity contribution is -0.126. The summed E-state index contributed by atoms with van der Waals surface area (Å²) in [6.45, 7) is 0.553. The van der Waals surface area contributed by atoms with E-state index in [1.54, 1.807) is 4.57 Å². The number of fused-ring (bicyclic) bond motifs is 7. The molecule has 0 unspecified atom stereocenters. The summed E-state index contributed by atoms with van der Waals surface area (Å²) in [5.41, 5.74) is 3.07. The summed E-state index contributed by atoms with van der Waals surface area (Å²) < 4.78 is 0.599. The Balaban J connectivity index is 1.47. The minimum Gasteiger partial charge on any atom is -0.324 e. The number of nitrogens with one attached hydrogen (secondary N) is 1. The van der Waals surface area contributed by atoms with E-state index in [1.165, 1.54) is 11.8 Å². The smallest absolute Gasteiger partial charge is 0.253 e. The van der Waals surface area contributed by atoms with E-state index in [1.807, 2.05) is 67.7 Å². The molecule has 4 aromatic carbocycles. The quantitative estimate of drug-likeness (QED) is 0.339. The molecule has 5 aromatic rings. The van der Waals surface area contributed by atoms with Crippen LogP contribution in [0.15, 0.2) is 96.2 Å². The summed E-state index contributed by atoms with van der Waals surface area (Å²) in [5.74, 6) is -0.497. The number of likely N-dealkylation sites (N-methyl/N-ethyl adjacent to an activating group) is 1. The number of hydrogen-bond acceptors (Lipinski definition) is 5. The number of hydrogen-bond donors (Lipinski definition) is 1. The van der Waals surface area contributed by atoms with Crippen molar-refractivity contribution in [2.45, 2.75) is 21.4 Å². The number of carbonyl (C=O) groups is 2. The number of carbonyl (C=O) groups excluding carboxylic acids is 2. The molecule has 1 amide bonds. The van der Waals surface area contributed by atoms with Gasteiger partial charge in [-0.05, 0) is 41.6 Å². The molecule has 1 N–H and O–H groups in total. The Bertz CT molecular complexity index is 1810. The van der Waals surface area contributed by atoms with Gasteiger partial charge in [0.15, 0.2) is 10.7 Å². The van der Waals surface area contributed by atoms with Gasteiger partial charge in [-0.15, -0.1) is 0 Å². The normalized spacial score (nSPS) is 26.5. The molecule has 37 heavy (non-hydrogen) atoms. The molecule has 3 aliphatic heterocycles. The van der Waals surface area contributed by atoms with Crippen LogP contribution in [0.4, 0.5) is 5.69 Å². The third-order valence-corrected chi connectivity index (χ3v) is 9.99. The van der Waals surface area contributed by atoms with Gasteiger partial charge in [0.05, 0.1) is 11.0 Å². The van der Waals surface area contributed by atoms with Crippen LogP contribution in [0, 0.1) is 0 Å². The standard InChI is InChI=1S/C30H22N4O2S/c1-33-17-22(20-12-8-10-18-9-2-3-11-19(18)20)30(29(33)21-13-4-5-14-23(21)31-26(29)35)27(36)34-25-16-7-6-15-24(25)32-28(34)37-30/h2-16,22H,17H2,1H3,(H,31,35)/t22-,29+,30-/m0/s1. The molecule has 0 saturated carbocycles. The topological polar surface area (TPSA) is 67.2 Å². The third kappa shape index (κ3) is 2.35. The Labute approximate surface area is 217 Å². The van der Waals surface area contributed by atoms with Crippen LogP contribution in [0.1, 0.15) is 21.8 Å². The van der Waals surface area contributed by atoms with Gasteiger partial charge < -0.3 is 5.32 Å². The van der Waals surface area contributed by atoms with Crippen LogP contribution in [0.2, 0.25) is 0 Å². The van der Waals surface area contributed by atoms with Crippen LogP contribution in [-0.2, 0) is 10.3 Å².